The standard InChI is InChI=1S/C18H24N4O3/c1-14(11-15-3-2-5-19-13-15)20-18(23)17-12-16(25-21-17)4-6-22-7-9-24-10-8-22/h2-3,5,12-14H,4,6-11H2,1H3,(H,20,23). The van der Waals surface area contributed by atoms with Gasteiger partial charge in [0.2, 0.25) is 0 Å². The summed E-state index contributed by atoms with van der Waals surface area (Å²) in [5.74, 6) is 0.523. The maximum atomic E-state index is 12.3. The number of carbonyl (C=O) groups excluding carboxylic acids is 1. The van der Waals surface area contributed by atoms with Gasteiger partial charge >= 0.3 is 0 Å². The third-order valence-corrected chi connectivity index (χ3v) is 4.21. The molecule has 2 aromatic rings. The molecule has 1 unspecified atom stereocenters. The van der Waals surface area contributed by atoms with Crippen molar-refractivity contribution in [1.29, 1.82) is 0 Å². The summed E-state index contributed by atoms with van der Waals surface area (Å²) >= 11 is 0. The zero-order valence-corrected chi connectivity index (χ0v) is 14.5. The van der Waals surface area contributed by atoms with Crippen LogP contribution in [-0.4, -0.2) is 59.8 Å². The molecule has 1 amide bonds. The second-order valence-corrected chi connectivity index (χ2v) is 6.32. The van der Waals surface area contributed by atoms with E-state index in [4.69, 9.17) is 9.26 Å². The lowest BCUT2D eigenvalue weighted by molar-refractivity contribution is 0.0377. The second kappa shape index (κ2) is 8.73. The molecule has 1 N–H and O–H groups in total. The molecule has 0 aromatic carbocycles. The van der Waals surface area contributed by atoms with Crippen molar-refractivity contribution in [2.24, 2.45) is 0 Å². The first-order chi connectivity index (χ1) is 12.2. The van der Waals surface area contributed by atoms with Gasteiger partial charge in [-0.3, -0.25) is 14.7 Å². The van der Waals surface area contributed by atoms with Gasteiger partial charge in [-0.05, 0) is 25.0 Å². The SMILES string of the molecule is CC(Cc1cccnc1)NC(=O)c1cc(CCN2CCOCC2)on1. The maximum absolute atomic E-state index is 12.3. The molecule has 7 heteroatoms. The Labute approximate surface area is 147 Å². The number of pyridine rings is 1. The van der Waals surface area contributed by atoms with Crippen molar-refractivity contribution in [2.75, 3.05) is 32.8 Å². The minimum Gasteiger partial charge on any atom is -0.379 e. The third kappa shape index (κ3) is 5.37. The monoisotopic (exact) mass is 344 g/mol. The minimum atomic E-state index is -0.210. The Kier molecular flexibility index (Phi) is 6.14. The van der Waals surface area contributed by atoms with Gasteiger partial charge < -0.3 is 14.6 Å². The predicted octanol–water partition coefficient (Wildman–Crippen LogP) is 1.31. The molecular formula is C18H24N4O3. The van der Waals surface area contributed by atoms with Crippen LogP contribution in [0.4, 0.5) is 0 Å². The van der Waals surface area contributed by atoms with Crippen molar-refractivity contribution in [1.82, 2.24) is 20.4 Å². The molecule has 0 bridgehead atoms. The molecule has 3 rings (SSSR count). The second-order valence-electron chi connectivity index (χ2n) is 6.32. The molecule has 1 atom stereocenters. The molecule has 0 saturated carbocycles. The van der Waals surface area contributed by atoms with Crippen LogP contribution < -0.4 is 5.32 Å². The lowest BCUT2D eigenvalue weighted by atomic mass is 10.1. The number of carbonyl (C=O) groups is 1. The quantitative estimate of drug-likeness (QED) is 0.816. The zero-order valence-electron chi connectivity index (χ0n) is 14.5. The van der Waals surface area contributed by atoms with Gasteiger partial charge in [0.15, 0.2) is 5.69 Å². The Morgan fingerprint density at radius 2 is 2.24 bits per heavy atom. The van der Waals surface area contributed by atoms with Gasteiger partial charge in [0.25, 0.3) is 5.91 Å². The van der Waals surface area contributed by atoms with E-state index in [2.05, 4.69) is 20.4 Å². The van der Waals surface area contributed by atoms with Gasteiger partial charge in [-0.2, -0.15) is 0 Å². The third-order valence-electron chi connectivity index (χ3n) is 4.21. The molecule has 0 radical (unpaired) electrons. The van der Waals surface area contributed by atoms with Crippen LogP contribution in [0.15, 0.2) is 35.1 Å². The molecule has 1 fully saturated rings. The molecular weight excluding hydrogens is 320 g/mol. The summed E-state index contributed by atoms with van der Waals surface area (Å²) in [5, 5.41) is 6.84. The van der Waals surface area contributed by atoms with Gasteiger partial charge in [0.05, 0.1) is 13.2 Å². The molecule has 134 valence electrons. The van der Waals surface area contributed by atoms with Crippen molar-refractivity contribution in [2.45, 2.75) is 25.8 Å². The molecule has 7 nitrogen and oxygen atoms in total. The van der Waals surface area contributed by atoms with E-state index in [1.165, 1.54) is 0 Å². The maximum Gasteiger partial charge on any atom is 0.273 e. The molecule has 1 aliphatic heterocycles. The normalized spacial score (nSPS) is 16.5. The van der Waals surface area contributed by atoms with Gasteiger partial charge in [-0.1, -0.05) is 11.2 Å². The highest BCUT2D eigenvalue weighted by atomic mass is 16.5. The lowest BCUT2D eigenvalue weighted by Gasteiger charge is -2.25. The van der Waals surface area contributed by atoms with Crippen LogP contribution in [-0.2, 0) is 17.6 Å². The average Bonchev–Trinajstić information content (AvgIpc) is 3.11. The Hall–Kier alpha value is -2.25. The van der Waals surface area contributed by atoms with Crippen LogP contribution in [0.2, 0.25) is 0 Å². The first-order valence-corrected chi connectivity index (χ1v) is 8.66. The summed E-state index contributed by atoms with van der Waals surface area (Å²) in [4.78, 5) is 18.7. The van der Waals surface area contributed by atoms with Crippen LogP contribution in [0.25, 0.3) is 0 Å². The van der Waals surface area contributed by atoms with E-state index in [9.17, 15) is 4.79 Å². The summed E-state index contributed by atoms with van der Waals surface area (Å²) in [7, 11) is 0. The number of ether oxygens (including phenoxy) is 1. The van der Waals surface area contributed by atoms with E-state index >= 15 is 0 Å². The Bertz CT molecular complexity index is 668. The van der Waals surface area contributed by atoms with E-state index in [0.29, 0.717) is 5.69 Å². The Morgan fingerprint density at radius 1 is 1.40 bits per heavy atom. The Morgan fingerprint density at radius 3 is 3.00 bits per heavy atom. The van der Waals surface area contributed by atoms with Gasteiger partial charge in [0.1, 0.15) is 5.76 Å². The first-order valence-electron chi connectivity index (χ1n) is 8.66. The fourth-order valence-electron chi connectivity index (χ4n) is 2.85. The van der Waals surface area contributed by atoms with Crippen LogP contribution in [0.1, 0.15) is 28.7 Å². The van der Waals surface area contributed by atoms with Crippen LogP contribution in [0.3, 0.4) is 0 Å². The summed E-state index contributed by atoms with van der Waals surface area (Å²) in [6, 6.07) is 5.61. The number of rotatable bonds is 7. The van der Waals surface area contributed by atoms with Gasteiger partial charge in [-0.25, -0.2) is 0 Å². The molecule has 0 aliphatic carbocycles. The largest absolute Gasteiger partial charge is 0.379 e. The summed E-state index contributed by atoms with van der Waals surface area (Å²) < 4.78 is 10.6. The van der Waals surface area contributed by atoms with Crippen LogP contribution in [0.5, 0.6) is 0 Å². The number of morpholine rings is 1. The smallest absolute Gasteiger partial charge is 0.273 e. The number of hydrogen-bond donors (Lipinski definition) is 1. The number of nitrogens with one attached hydrogen (secondary N) is 1. The molecule has 1 aliphatic rings. The number of hydrogen-bond acceptors (Lipinski definition) is 6. The number of amides is 1. The van der Waals surface area contributed by atoms with E-state index in [0.717, 1.165) is 57.0 Å². The highest BCUT2D eigenvalue weighted by Gasteiger charge is 2.16. The molecule has 25 heavy (non-hydrogen) atoms. The fourth-order valence-corrected chi connectivity index (χ4v) is 2.85. The van der Waals surface area contributed by atoms with Crippen molar-refractivity contribution in [3.05, 3.63) is 47.6 Å². The average molecular weight is 344 g/mol. The number of nitrogens with zero attached hydrogens (tertiary/aromatic N) is 3. The van der Waals surface area contributed by atoms with Crippen LogP contribution in [0, 0.1) is 0 Å². The van der Waals surface area contributed by atoms with Crippen molar-refractivity contribution in [3.8, 4) is 0 Å². The van der Waals surface area contributed by atoms with Crippen molar-refractivity contribution >= 4 is 5.91 Å². The summed E-state index contributed by atoms with van der Waals surface area (Å²) in [6.45, 7) is 6.28. The zero-order chi connectivity index (χ0) is 17.5. The van der Waals surface area contributed by atoms with E-state index in [1.807, 2.05) is 25.3 Å². The number of aromatic nitrogens is 2. The predicted molar refractivity (Wildman–Crippen MR) is 92.3 cm³/mol. The van der Waals surface area contributed by atoms with E-state index in [1.54, 1.807) is 12.3 Å². The molecule has 3 heterocycles. The first kappa shape index (κ1) is 17.6. The highest BCUT2D eigenvalue weighted by molar-refractivity contribution is 5.92. The van der Waals surface area contributed by atoms with Crippen molar-refractivity contribution < 1.29 is 14.1 Å². The van der Waals surface area contributed by atoms with E-state index in [-0.39, 0.29) is 11.9 Å². The fraction of sp³-hybridized carbons (Fsp3) is 0.500. The highest BCUT2D eigenvalue weighted by Crippen LogP contribution is 2.08. The van der Waals surface area contributed by atoms with E-state index < -0.39 is 0 Å². The van der Waals surface area contributed by atoms with Gasteiger partial charge in [0, 0.05) is 50.6 Å². The molecule has 1 saturated heterocycles. The molecule has 2 aromatic heterocycles. The Balaban J connectivity index is 1.46. The summed E-state index contributed by atoms with van der Waals surface area (Å²) in [5.41, 5.74) is 1.41. The topological polar surface area (TPSA) is 80.5 Å². The minimum absolute atomic E-state index is 0.00907. The molecule has 0 spiro atoms. The lowest BCUT2D eigenvalue weighted by Crippen LogP contribution is -2.37. The summed E-state index contributed by atoms with van der Waals surface area (Å²) in [6.07, 6.45) is 5.01. The van der Waals surface area contributed by atoms with Crippen LogP contribution >= 0.6 is 0 Å². The van der Waals surface area contributed by atoms with Crippen molar-refractivity contribution in [3.63, 3.8) is 0 Å². The van der Waals surface area contributed by atoms with Gasteiger partial charge in [-0.15, -0.1) is 0 Å².